The van der Waals surface area contributed by atoms with Crippen LogP contribution in [-0.4, -0.2) is 16.8 Å². The molecule has 1 aromatic carbocycles. The number of hydrogen-bond acceptors (Lipinski definition) is 2. The molecule has 2 nitrogen and oxygen atoms in total. The Hall–Kier alpha value is -1.22. The number of carbonyl (C=O) groups is 1. The normalized spacial score (nSPS) is 14.4. The molecule has 0 fully saturated rings. The average Bonchev–Trinajstić information content (AvgIpc) is 2.18. The standard InChI is InChI=1S/C11H10O2S/c12-11(13)7-8-5-6-14-10-4-2-1-3-9(8)10/h1-5H,6-7H2,(H,12,13). The lowest BCUT2D eigenvalue weighted by atomic mass is 10.0. The molecule has 1 heterocycles. The smallest absolute Gasteiger partial charge is 0.307 e. The van der Waals surface area contributed by atoms with Gasteiger partial charge in [-0.1, -0.05) is 24.3 Å². The Bertz CT molecular complexity index is 396. The van der Waals surface area contributed by atoms with Crippen molar-refractivity contribution in [1.29, 1.82) is 0 Å². The van der Waals surface area contributed by atoms with Crippen LogP contribution in [0.5, 0.6) is 0 Å². The quantitative estimate of drug-likeness (QED) is 0.808. The van der Waals surface area contributed by atoms with Gasteiger partial charge in [-0.15, -0.1) is 11.8 Å². The highest BCUT2D eigenvalue weighted by atomic mass is 32.2. The molecule has 1 aromatic rings. The van der Waals surface area contributed by atoms with E-state index in [4.69, 9.17) is 5.11 Å². The maximum absolute atomic E-state index is 10.6. The molecule has 0 bridgehead atoms. The molecule has 0 amide bonds. The van der Waals surface area contributed by atoms with E-state index >= 15 is 0 Å². The van der Waals surface area contributed by atoms with Crippen molar-refractivity contribution in [3.63, 3.8) is 0 Å². The van der Waals surface area contributed by atoms with Crippen LogP contribution in [0.15, 0.2) is 35.2 Å². The van der Waals surface area contributed by atoms with Gasteiger partial charge < -0.3 is 5.11 Å². The topological polar surface area (TPSA) is 37.3 Å². The Morgan fingerprint density at radius 3 is 3.00 bits per heavy atom. The van der Waals surface area contributed by atoms with Gasteiger partial charge in [-0.3, -0.25) is 4.79 Å². The summed E-state index contributed by atoms with van der Waals surface area (Å²) in [5.74, 6) is 0.109. The molecule has 0 saturated carbocycles. The van der Waals surface area contributed by atoms with Gasteiger partial charge in [0, 0.05) is 10.6 Å². The van der Waals surface area contributed by atoms with E-state index in [2.05, 4.69) is 0 Å². The third kappa shape index (κ3) is 1.82. The van der Waals surface area contributed by atoms with Crippen molar-refractivity contribution in [1.82, 2.24) is 0 Å². The molecule has 2 rings (SSSR count). The van der Waals surface area contributed by atoms with Crippen molar-refractivity contribution in [3.8, 4) is 0 Å². The van der Waals surface area contributed by atoms with E-state index in [1.165, 1.54) is 4.90 Å². The van der Waals surface area contributed by atoms with Gasteiger partial charge in [0.2, 0.25) is 0 Å². The van der Waals surface area contributed by atoms with E-state index < -0.39 is 5.97 Å². The highest BCUT2D eigenvalue weighted by molar-refractivity contribution is 7.99. The highest BCUT2D eigenvalue weighted by Gasteiger charge is 2.14. The van der Waals surface area contributed by atoms with Crippen molar-refractivity contribution >= 4 is 23.3 Å². The van der Waals surface area contributed by atoms with E-state index in [1.807, 2.05) is 30.3 Å². The van der Waals surface area contributed by atoms with E-state index in [1.54, 1.807) is 11.8 Å². The summed E-state index contributed by atoms with van der Waals surface area (Å²) in [5.41, 5.74) is 2.01. The fourth-order valence-electron chi connectivity index (χ4n) is 1.53. The van der Waals surface area contributed by atoms with Gasteiger partial charge in [0.1, 0.15) is 0 Å². The summed E-state index contributed by atoms with van der Waals surface area (Å²) in [6.07, 6.45) is 2.12. The molecule has 0 atom stereocenters. The first-order valence-corrected chi connectivity index (χ1v) is 5.39. The summed E-state index contributed by atoms with van der Waals surface area (Å²) in [6, 6.07) is 7.95. The zero-order valence-electron chi connectivity index (χ0n) is 7.56. The lowest BCUT2D eigenvalue weighted by Crippen LogP contribution is -2.01. The van der Waals surface area contributed by atoms with Crippen molar-refractivity contribution < 1.29 is 9.90 Å². The minimum Gasteiger partial charge on any atom is -0.481 e. The van der Waals surface area contributed by atoms with Crippen molar-refractivity contribution in [3.05, 3.63) is 35.9 Å². The summed E-state index contributed by atoms with van der Waals surface area (Å²) in [6.45, 7) is 0. The molecule has 1 aliphatic rings. The first-order chi connectivity index (χ1) is 6.77. The van der Waals surface area contributed by atoms with Gasteiger partial charge in [-0.2, -0.15) is 0 Å². The molecule has 0 saturated heterocycles. The third-order valence-corrected chi connectivity index (χ3v) is 3.14. The van der Waals surface area contributed by atoms with Crippen molar-refractivity contribution in [2.45, 2.75) is 11.3 Å². The van der Waals surface area contributed by atoms with Crippen LogP contribution in [0.1, 0.15) is 12.0 Å². The Morgan fingerprint density at radius 1 is 1.43 bits per heavy atom. The SMILES string of the molecule is O=C(O)CC1=CCSc2ccccc21. The van der Waals surface area contributed by atoms with Crippen LogP contribution in [0.2, 0.25) is 0 Å². The molecule has 3 heteroatoms. The second-order valence-electron chi connectivity index (χ2n) is 3.11. The van der Waals surface area contributed by atoms with Crippen molar-refractivity contribution in [2.24, 2.45) is 0 Å². The molecule has 0 spiro atoms. The minimum atomic E-state index is -0.766. The van der Waals surface area contributed by atoms with Gasteiger partial charge in [0.05, 0.1) is 6.42 Å². The Morgan fingerprint density at radius 2 is 2.21 bits per heavy atom. The molecule has 1 aliphatic heterocycles. The number of aliphatic carboxylic acids is 1. The molecule has 0 unspecified atom stereocenters. The number of carboxylic acid groups (broad SMARTS) is 1. The lowest BCUT2D eigenvalue weighted by Gasteiger charge is -2.15. The summed E-state index contributed by atoms with van der Waals surface area (Å²) in [5, 5.41) is 8.74. The maximum atomic E-state index is 10.6. The van der Waals surface area contributed by atoms with Gasteiger partial charge in [0.25, 0.3) is 0 Å². The summed E-state index contributed by atoms with van der Waals surface area (Å²) >= 11 is 1.75. The van der Waals surface area contributed by atoms with Crippen molar-refractivity contribution in [2.75, 3.05) is 5.75 Å². The van der Waals surface area contributed by atoms with E-state index in [0.29, 0.717) is 0 Å². The number of hydrogen-bond donors (Lipinski definition) is 1. The molecule has 1 N–H and O–H groups in total. The predicted molar refractivity (Wildman–Crippen MR) is 57.4 cm³/mol. The van der Waals surface area contributed by atoms with Gasteiger partial charge in [0.15, 0.2) is 0 Å². The second-order valence-corrected chi connectivity index (χ2v) is 4.17. The molecule has 72 valence electrons. The lowest BCUT2D eigenvalue weighted by molar-refractivity contribution is -0.135. The zero-order chi connectivity index (χ0) is 9.97. The van der Waals surface area contributed by atoms with Crippen LogP contribution in [0.25, 0.3) is 5.57 Å². The van der Waals surface area contributed by atoms with Crippen LogP contribution in [0.3, 0.4) is 0 Å². The summed E-state index contributed by atoms with van der Waals surface area (Å²) in [4.78, 5) is 11.8. The summed E-state index contributed by atoms with van der Waals surface area (Å²) in [7, 11) is 0. The molecule has 14 heavy (non-hydrogen) atoms. The van der Waals surface area contributed by atoms with E-state index in [9.17, 15) is 4.79 Å². The first kappa shape index (κ1) is 9.34. The van der Waals surface area contributed by atoms with E-state index in [0.717, 1.165) is 16.9 Å². The van der Waals surface area contributed by atoms with Crippen LogP contribution >= 0.6 is 11.8 Å². The van der Waals surface area contributed by atoms with Crippen LogP contribution in [0, 0.1) is 0 Å². The molecule has 0 aromatic heterocycles. The monoisotopic (exact) mass is 206 g/mol. The summed E-state index contributed by atoms with van der Waals surface area (Å²) < 4.78 is 0. The van der Waals surface area contributed by atoms with Gasteiger partial charge >= 0.3 is 5.97 Å². The molecular formula is C11H10O2S. The zero-order valence-corrected chi connectivity index (χ0v) is 8.38. The largest absolute Gasteiger partial charge is 0.481 e. The molecule has 0 aliphatic carbocycles. The van der Waals surface area contributed by atoms with Crippen LogP contribution < -0.4 is 0 Å². The van der Waals surface area contributed by atoms with Crippen LogP contribution in [0.4, 0.5) is 0 Å². The number of rotatable bonds is 2. The Balaban J connectivity index is 2.35. The average molecular weight is 206 g/mol. The highest BCUT2D eigenvalue weighted by Crippen LogP contribution is 2.34. The third-order valence-electron chi connectivity index (χ3n) is 2.14. The molecule has 0 radical (unpaired) electrons. The van der Waals surface area contributed by atoms with Gasteiger partial charge in [-0.05, 0) is 17.2 Å². The number of fused-ring (bicyclic) bond motifs is 1. The second kappa shape index (κ2) is 3.88. The van der Waals surface area contributed by atoms with E-state index in [-0.39, 0.29) is 6.42 Å². The number of thioether (sulfide) groups is 1. The number of benzene rings is 1. The minimum absolute atomic E-state index is 0.123. The Labute approximate surface area is 86.6 Å². The van der Waals surface area contributed by atoms with Crippen LogP contribution in [-0.2, 0) is 4.79 Å². The fraction of sp³-hybridized carbons (Fsp3) is 0.182. The number of carboxylic acids is 1. The fourth-order valence-corrected chi connectivity index (χ4v) is 2.52. The van der Waals surface area contributed by atoms with Gasteiger partial charge in [-0.25, -0.2) is 0 Å². The Kier molecular flexibility index (Phi) is 2.59. The predicted octanol–water partition coefficient (Wildman–Crippen LogP) is 2.65. The molecular weight excluding hydrogens is 196 g/mol. The first-order valence-electron chi connectivity index (χ1n) is 4.40. The maximum Gasteiger partial charge on any atom is 0.307 e.